The summed E-state index contributed by atoms with van der Waals surface area (Å²) < 4.78 is 0. The first-order valence-electron chi connectivity index (χ1n) is 10.7. The first-order chi connectivity index (χ1) is 15.5. The van der Waals surface area contributed by atoms with E-state index in [-0.39, 0.29) is 12.1 Å². The number of rotatable bonds is 2. The molecule has 2 N–H and O–H groups in total. The minimum absolute atomic E-state index is 0. The van der Waals surface area contributed by atoms with Crippen molar-refractivity contribution >= 4 is 35.5 Å². The summed E-state index contributed by atoms with van der Waals surface area (Å²) in [7, 11) is 9.78. The van der Waals surface area contributed by atoms with Crippen LogP contribution in [-0.4, -0.2) is 0 Å². The third-order valence-corrected chi connectivity index (χ3v) is 6.65. The Labute approximate surface area is 214 Å². The second kappa shape index (κ2) is 11.0. The van der Waals surface area contributed by atoms with Crippen LogP contribution in [0.15, 0.2) is 72.8 Å². The number of benzene rings is 4. The van der Waals surface area contributed by atoms with Gasteiger partial charge in [0.05, 0.1) is 0 Å². The Morgan fingerprint density at radius 2 is 1.48 bits per heavy atom. The number of halogens is 2. The zero-order valence-electron chi connectivity index (χ0n) is 19.1. The minimum Gasteiger partial charge on any atom is -0.693 e. The van der Waals surface area contributed by atoms with Gasteiger partial charge in [0.25, 0.3) is 0 Å². The molecule has 168 valence electrons. The summed E-state index contributed by atoms with van der Waals surface area (Å²) in [6, 6.07) is 24.3. The molecule has 0 bridgehead atoms. The monoisotopic (exact) mass is 507 g/mol. The fraction of sp³-hybridized carbons (Fsp3) is 0.138. The predicted octanol–water partition coefficient (Wildman–Crippen LogP) is 9.87. The van der Waals surface area contributed by atoms with Gasteiger partial charge in [-0.3, -0.25) is 0 Å². The molecule has 0 saturated heterocycles. The Hall–Kier alpha value is -2.00. The van der Waals surface area contributed by atoms with Crippen molar-refractivity contribution < 1.29 is 17.0 Å². The van der Waals surface area contributed by atoms with Gasteiger partial charge in [-0.1, -0.05) is 89.3 Å². The summed E-state index contributed by atoms with van der Waals surface area (Å²) in [5.41, 5.74) is 11.7. The summed E-state index contributed by atoms with van der Waals surface area (Å²) in [4.78, 5) is 0. The smallest absolute Gasteiger partial charge is 0.693 e. The van der Waals surface area contributed by atoms with Gasteiger partial charge in [0.1, 0.15) is 0 Å². The number of nitrogens with two attached hydrogens (primary N) is 1. The van der Waals surface area contributed by atoms with Crippen LogP contribution in [0.1, 0.15) is 44.9 Å². The molecular formula is C29H27Cl2NTi-2. The van der Waals surface area contributed by atoms with E-state index in [1.807, 2.05) is 0 Å². The van der Waals surface area contributed by atoms with Crippen molar-refractivity contribution in [3.63, 3.8) is 0 Å². The molecule has 33 heavy (non-hydrogen) atoms. The maximum absolute atomic E-state index is 4.89. The van der Waals surface area contributed by atoms with Crippen molar-refractivity contribution in [2.45, 2.75) is 26.7 Å². The van der Waals surface area contributed by atoms with Crippen LogP contribution in [0.5, 0.6) is 0 Å². The van der Waals surface area contributed by atoms with Gasteiger partial charge in [0, 0.05) is 0 Å². The average molecular weight is 508 g/mol. The summed E-state index contributed by atoms with van der Waals surface area (Å²) in [6.45, 7) is 11.3. The molecule has 0 amide bonds. The number of allylic oxidation sites excluding steroid dienone is 1. The molecule has 0 aliphatic heterocycles. The molecule has 0 spiro atoms. The molecule has 0 radical (unpaired) electrons. The Kier molecular flexibility index (Phi) is 8.51. The van der Waals surface area contributed by atoms with Crippen LogP contribution in [0.4, 0.5) is 0 Å². The molecule has 4 heteroatoms. The summed E-state index contributed by atoms with van der Waals surface area (Å²) in [5.74, 6) is 0.258. The van der Waals surface area contributed by atoms with Crippen molar-refractivity contribution in [3.8, 4) is 11.1 Å². The van der Waals surface area contributed by atoms with Gasteiger partial charge in [0.2, 0.25) is 0 Å². The molecule has 1 unspecified atom stereocenters. The van der Waals surface area contributed by atoms with Gasteiger partial charge >= 0.3 is 35.6 Å². The summed E-state index contributed by atoms with van der Waals surface area (Å²) >= 11 is -0.556. The molecule has 5 rings (SSSR count). The summed E-state index contributed by atoms with van der Waals surface area (Å²) in [5, 5.41) is 2.56. The van der Waals surface area contributed by atoms with Gasteiger partial charge in [-0.05, 0) is 54.3 Å². The van der Waals surface area contributed by atoms with E-state index in [2.05, 4.69) is 107 Å². The molecule has 0 heterocycles. The largest absolute Gasteiger partial charge is 0.693 e. The zero-order chi connectivity index (χ0) is 22.8. The first kappa shape index (κ1) is 25.6. The van der Waals surface area contributed by atoms with E-state index < -0.39 is 17.0 Å². The van der Waals surface area contributed by atoms with Crippen LogP contribution in [0.2, 0.25) is 0 Å². The van der Waals surface area contributed by atoms with E-state index >= 15 is 0 Å². The van der Waals surface area contributed by atoms with Crippen LogP contribution < -0.4 is 0 Å². The number of fused-ring (bicyclic) bond motifs is 2. The number of hydrogen-bond donors (Lipinski definition) is 0. The van der Waals surface area contributed by atoms with E-state index in [0.29, 0.717) is 0 Å². The van der Waals surface area contributed by atoms with Crippen LogP contribution in [0, 0.1) is 27.7 Å². The van der Waals surface area contributed by atoms with Crippen molar-refractivity contribution in [2.24, 2.45) is 0 Å². The van der Waals surface area contributed by atoms with Crippen molar-refractivity contribution in [3.05, 3.63) is 125 Å². The molecule has 1 aliphatic carbocycles. The second-order valence-electron chi connectivity index (χ2n) is 8.26. The maximum atomic E-state index is 4.89. The summed E-state index contributed by atoms with van der Waals surface area (Å²) in [6.07, 6.45) is 4.57. The average Bonchev–Trinajstić information content (AvgIpc) is 3.23. The molecular weight excluding hydrogens is 481 g/mol. The maximum Gasteiger partial charge on any atom is -0.693 e. The fourth-order valence-corrected chi connectivity index (χ4v) is 4.74. The molecule has 0 fully saturated rings. The van der Waals surface area contributed by atoms with Gasteiger partial charge in [-0.2, -0.15) is 12.5 Å². The topological polar surface area (TPSA) is 33.5 Å². The van der Waals surface area contributed by atoms with Gasteiger partial charge < -0.3 is 6.15 Å². The van der Waals surface area contributed by atoms with Crippen LogP contribution in [0.3, 0.4) is 0 Å². The third-order valence-electron chi connectivity index (χ3n) is 6.65. The third kappa shape index (κ3) is 4.80. The SMILES string of the molecule is [CH2-]c1c(C2C=Cc3ccccc32)cc2ccccc2c1-c1ccc(C)c(C)c1C.[Cl][Ti][Cl].[NH2-]. The molecule has 0 aromatic heterocycles. The Bertz CT molecular complexity index is 1330. The van der Waals surface area contributed by atoms with Crippen molar-refractivity contribution in [1.29, 1.82) is 0 Å². The van der Waals surface area contributed by atoms with E-state index in [1.54, 1.807) is 0 Å². The Morgan fingerprint density at radius 1 is 0.818 bits per heavy atom. The number of aryl methyl sites for hydroxylation is 1. The second-order valence-corrected chi connectivity index (χ2v) is 10.8. The van der Waals surface area contributed by atoms with Crippen molar-refractivity contribution in [1.82, 2.24) is 0 Å². The van der Waals surface area contributed by atoms with Crippen molar-refractivity contribution in [2.75, 3.05) is 0 Å². The van der Waals surface area contributed by atoms with E-state index in [4.69, 9.17) is 18.6 Å². The minimum atomic E-state index is -0.556. The Balaban J connectivity index is 0.000000728. The molecule has 1 atom stereocenters. The van der Waals surface area contributed by atoms with Gasteiger partial charge in [-0.25, -0.2) is 0 Å². The quantitative estimate of drug-likeness (QED) is 0.191. The predicted molar refractivity (Wildman–Crippen MR) is 142 cm³/mol. The molecule has 0 saturated carbocycles. The molecule has 1 aliphatic rings. The van der Waals surface area contributed by atoms with E-state index in [1.165, 1.54) is 55.3 Å². The van der Waals surface area contributed by atoms with Gasteiger partial charge in [-0.15, -0.1) is 17.2 Å². The van der Waals surface area contributed by atoms with Gasteiger partial charge in [0.15, 0.2) is 0 Å². The van der Waals surface area contributed by atoms with E-state index in [9.17, 15) is 0 Å². The molecule has 1 nitrogen and oxygen atoms in total. The van der Waals surface area contributed by atoms with Crippen LogP contribution in [-0.2, 0) is 17.0 Å². The van der Waals surface area contributed by atoms with Crippen LogP contribution >= 0.6 is 18.6 Å². The molecule has 4 aromatic rings. The fourth-order valence-electron chi connectivity index (χ4n) is 4.74. The molecule has 4 aromatic carbocycles. The first-order valence-corrected chi connectivity index (χ1v) is 15.0. The zero-order valence-corrected chi connectivity index (χ0v) is 22.2. The van der Waals surface area contributed by atoms with E-state index in [0.717, 1.165) is 5.56 Å². The standard InChI is InChI=1S/C29H25.2ClH.H2N.Ti/c1-18-13-15-24(20(3)19(18)2)29-21(4)28(17-23-10-6-8-12-26(23)29)27-16-14-22-9-5-7-11-25(22)27;;;;/h5-17,27H,4H2,1-3H3;2*1H;1H2;/q-1;;;-1;+2/p-2. The number of hydrogen-bond acceptors (Lipinski definition) is 0. The van der Waals surface area contributed by atoms with Crippen LogP contribution in [0.25, 0.3) is 34.1 Å². The Morgan fingerprint density at radius 3 is 2.24 bits per heavy atom. The normalized spacial score (nSPS) is 13.7.